The molecule has 1 amide bonds. The van der Waals surface area contributed by atoms with Crippen molar-refractivity contribution < 1.29 is 32.2 Å². The molecule has 0 radical (unpaired) electrons. The average molecular weight is 534 g/mol. The number of nitrogens with one attached hydrogen (secondary N) is 1. The molecule has 0 bridgehead atoms. The van der Waals surface area contributed by atoms with E-state index in [1.165, 1.54) is 20.5 Å². The summed E-state index contributed by atoms with van der Waals surface area (Å²) in [6, 6.07) is 16.4. The van der Waals surface area contributed by atoms with Gasteiger partial charge in [-0.25, -0.2) is 9.97 Å². The van der Waals surface area contributed by atoms with Gasteiger partial charge in [0.2, 0.25) is 5.88 Å². The molecular weight excluding hydrogens is 513 g/mol. The van der Waals surface area contributed by atoms with E-state index in [0.717, 1.165) is 18.2 Å². The number of alkyl halides is 3. The Morgan fingerprint density at radius 3 is 2.38 bits per heavy atom. The molecule has 1 aromatic heterocycles. The zero-order valence-corrected chi connectivity index (χ0v) is 20.7. The molecule has 0 fully saturated rings. The third kappa shape index (κ3) is 5.06. The fourth-order valence-corrected chi connectivity index (χ4v) is 4.12. The Kier molecular flexibility index (Phi) is 6.57. The number of carbonyl (C=O) groups excluding carboxylic acids is 1. The number of ether oxygens (including phenoxy) is 3. The third-order valence-corrected chi connectivity index (χ3v) is 6.04. The van der Waals surface area contributed by atoms with Crippen molar-refractivity contribution in [1.82, 2.24) is 9.97 Å². The number of nitrogen functional groups attached to an aromatic ring is 1. The van der Waals surface area contributed by atoms with E-state index in [1.807, 2.05) is 0 Å². The molecule has 11 heteroatoms. The lowest BCUT2D eigenvalue weighted by atomic mass is 10.0. The maximum Gasteiger partial charge on any atom is 0.416 e. The number of nitrogens with zero attached hydrogens (tertiary/aromatic N) is 2. The summed E-state index contributed by atoms with van der Waals surface area (Å²) in [5.74, 6) is 1.24. The number of fused-ring (bicyclic) bond motifs is 2. The summed E-state index contributed by atoms with van der Waals surface area (Å²) in [4.78, 5) is 21.6. The Bertz CT molecular complexity index is 1720. The molecule has 0 saturated heterocycles. The molecular formula is C28H21F3N4O4. The number of carbonyl (C=O) groups is 1. The van der Waals surface area contributed by atoms with Gasteiger partial charge >= 0.3 is 6.18 Å². The quantitative estimate of drug-likeness (QED) is 0.241. The first kappa shape index (κ1) is 25.6. The number of anilines is 2. The highest BCUT2D eigenvalue weighted by Gasteiger charge is 2.31. The highest BCUT2D eigenvalue weighted by molar-refractivity contribution is 6.13. The Labute approximate surface area is 220 Å². The number of nitrogens with two attached hydrogens (primary N) is 1. The first-order valence-corrected chi connectivity index (χ1v) is 11.5. The molecule has 3 N–H and O–H groups in total. The molecule has 0 atom stereocenters. The predicted molar refractivity (Wildman–Crippen MR) is 140 cm³/mol. The van der Waals surface area contributed by atoms with Gasteiger partial charge in [-0.1, -0.05) is 12.1 Å². The lowest BCUT2D eigenvalue weighted by Gasteiger charge is -2.14. The number of hydrogen-bond donors (Lipinski definition) is 2. The largest absolute Gasteiger partial charge is 0.493 e. The van der Waals surface area contributed by atoms with Crippen LogP contribution in [0.5, 0.6) is 23.1 Å². The highest BCUT2D eigenvalue weighted by atomic mass is 19.4. The Morgan fingerprint density at radius 2 is 1.67 bits per heavy atom. The molecule has 0 aliphatic rings. The average Bonchev–Trinajstić information content (AvgIpc) is 2.92. The molecule has 5 aromatic rings. The SMILES string of the molecule is COc1cc2ncnc(Oc3ccc4c(C(=O)Nc5ccc(C(F)(F)F)cc5N)cccc4c3)c2cc1OC. The van der Waals surface area contributed by atoms with Gasteiger partial charge < -0.3 is 25.3 Å². The zero-order chi connectivity index (χ0) is 27.7. The van der Waals surface area contributed by atoms with E-state index in [9.17, 15) is 18.0 Å². The summed E-state index contributed by atoms with van der Waals surface area (Å²) in [6.45, 7) is 0. The van der Waals surface area contributed by atoms with Crippen LogP contribution in [-0.2, 0) is 6.18 Å². The summed E-state index contributed by atoms with van der Waals surface area (Å²) in [7, 11) is 3.06. The predicted octanol–water partition coefficient (Wildman–Crippen LogP) is 6.45. The Morgan fingerprint density at radius 1 is 0.897 bits per heavy atom. The fourth-order valence-electron chi connectivity index (χ4n) is 4.12. The van der Waals surface area contributed by atoms with Crippen LogP contribution in [0.25, 0.3) is 21.7 Å². The van der Waals surface area contributed by atoms with E-state index in [2.05, 4.69) is 15.3 Å². The van der Waals surface area contributed by atoms with Crippen molar-refractivity contribution in [3.63, 3.8) is 0 Å². The molecule has 0 spiro atoms. The first-order valence-electron chi connectivity index (χ1n) is 11.5. The molecule has 4 aromatic carbocycles. The molecule has 0 saturated carbocycles. The fraction of sp³-hybridized carbons (Fsp3) is 0.107. The van der Waals surface area contributed by atoms with Gasteiger partial charge in [0.05, 0.1) is 42.1 Å². The van der Waals surface area contributed by atoms with Gasteiger partial charge in [0.15, 0.2) is 11.5 Å². The lowest BCUT2D eigenvalue weighted by Crippen LogP contribution is -2.14. The molecule has 1 heterocycles. The van der Waals surface area contributed by atoms with Crippen molar-refractivity contribution in [2.45, 2.75) is 6.18 Å². The van der Waals surface area contributed by atoms with E-state index in [-0.39, 0.29) is 11.4 Å². The van der Waals surface area contributed by atoms with E-state index < -0.39 is 17.6 Å². The van der Waals surface area contributed by atoms with Crippen LogP contribution in [-0.4, -0.2) is 30.1 Å². The van der Waals surface area contributed by atoms with E-state index in [0.29, 0.717) is 50.4 Å². The Balaban J connectivity index is 1.44. The number of aromatic nitrogens is 2. The van der Waals surface area contributed by atoms with Crippen molar-refractivity contribution in [3.05, 3.63) is 84.2 Å². The van der Waals surface area contributed by atoms with Gasteiger partial charge in [0, 0.05) is 11.6 Å². The van der Waals surface area contributed by atoms with Crippen LogP contribution in [0, 0.1) is 0 Å². The van der Waals surface area contributed by atoms with Crippen LogP contribution in [0.15, 0.2) is 73.1 Å². The van der Waals surface area contributed by atoms with Crippen LogP contribution in [0.4, 0.5) is 24.5 Å². The minimum atomic E-state index is -4.54. The molecule has 198 valence electrons. The summed E-state index contributed by atoms with van der Waals surface area (Å²) < 4.78 is 55.6. The molecule has 0 aliphatic carbocycles. The van der Waals surface area contributed by atoms with Crippen LogP contribution in [0.2, 0.25) is 0 Å². The third-order valence-electron chi connectivity index (χ3n) is 6.04. The standard InChI is InChI=1S/C28H21F3N4O4/c1-37-24-12-20-23(13-25(24)38-2)33-14-34-27(20)39-17-7-8-18-15(10-17)4-3-5-19(18)26(36)35-22-9-6-16(11-21(22)32)28(29,30)31/h3-14H,32H2,1-2H3,(H,35,36). The Hall–Kier alpha value is -5.06. The van der Waals surface area contributed by atoms with Crippen molar-refractivity contribution in [2.75, 3.05) is 25.3 Å². The normalized spacial score (nSPS) is 11.4. The summed E-state index contributed by atoms with van der Waals surface area (Å²) >= 11 is 0. The monoisotopic (exact) mass is 534 g/mol. The van der Waals surface area contributed by atoms with Gasteiger partial charge in [-0.2, -0.15) is 13.2 Å². The van der Waals surface area contributed by atoms with Crippen molar-refractivity contribution >= 4 is 39.0 Å². The molecule has 8 nitrogen and oxygen atoms in total. The van der Waals surface area contributed by atoms with Gasteiger partial charge in [0.25, 0.3) is 5.91 Å². The number of rotatable bonds is 6. The van der Waals surface area contributed by atoms with Gasteiger partial charge in [-0.3, -0.25) is 4.79 Å². The van der Waals surface area contributed by atoms with Gasteiger partial charge in [-0.05, 0) is 59.3 Å². The molecule has 39 heavy (non-hydrogen) atoms. The second kappa shape index (κ2) is 10.0. The van der Waals surface area contributed by atoms with Crippen LogP contribution < -0.4 is 25.3 Å². The number of benzene rings is 4. The highest BCUT2D eigenvalue weighted by Crippen LogP contribution is 2.37. The minimum Gasteiger partial charge on any atom is -0.493 e. The van der Waals surface area contributed by atoms with Crippen molar-refractivity contribution in [3.8, 4) is 23.1 Å². The minimum absolute atomic E-state index is 0.0765. The van der Waals surface area contributed by atoms with Gasteiger partial charge in [0.1, 0.15) is 12.1 Å². The van der Waals surface area contributed by atoms with E-state index in [1.54, 1.807) is 48.5 Å². The zero-order valence-electron chi connectivity index (χ0n) is 20.7. The summed E-state index contributed by atoms with van der Waals surface area (Å²) in [6.07, 6.45) is -3.16. The van der Waals surface area contributed by atoms with Gasteiger partial charge in [-0.15, -0.1) is 0 Å². The topological polar surface area (TPSA) is 109 Å². The summed E-state index contributed by atoms with van der Waals surface area (Å²) in [5.41, 5.74) is 5.66. The van der Waals surface area contributed by atoms with Crippen molar-refractivity contribution in [2.24, 2.45) is 0 Å². The van der Waals surface area contributed by atoms with Crippen LogP contribution in [0.3, 0.4) is 0 Å². The van der Waals surface area contributed by atoms with E-state index in [4.69, 9.17) is 19.9 Å². The molecule has 5 rings (SSSR count). The molecule has 0 aliphatic heterocycles. The number of methoxy groups -OCH3 is 2. The first-order chi connectivity index (χ1) is 18.7. The number of amides is 1. The second-order valence-corrected chi connectivity index (χ2v) is 8.45. The number of halogens is 3. The summed E-state index contributed by atoms with van der Waals surface area (Å²) in [5, 5.41) is 4.50. The maximum absolute atomic E-state index is 13.0. The van der Waals surface area contributed by atoms with Crippen LogP contribution in [0.1, 0.15) is 15.9 Å². The maximum atomic E-state index is 13.0. The van der Waals surface area contributed by atoms with E-state index >= 15 is 0 Å². The lowest BCUT2D eigenvalue weighted by molar-refractivity contribution is -0.137. The molecule has 0 unspecified atom stereocenters. The van der Waals surface area contributed by atoms with Crippen molar-refractivity contribution in [1.29, 1.82) is 0 Å². The number of hydrogen-bond acceptors (Lipinski definition) is 7. The van der Waals surface area contributed by atoms with Crippen LogP contribution >= 0.6 is 0 Å². The second-order valence-electron chi connectivity index (χ2n) is 8.45. The smallest absolute Gasteiger partial charge is 0.416 e.